The number of carbonyl (C=O) groups excluding carboxylic acids is 1. The number of carboxylic acid groups (broad SMARTS) is 1. The maximum absolute atomic E-state index is 12.2. The van der Waals surface area contributed by atoms with Crippen molar-refractivity contribution >= 4 is 34.2 Å². The van der Waals surface area contributed by atoms with E-state index in [2.05, 4.69) is 15.3 Å². The molecule has 0 fully saturated rings. The van der Waals surface area contributed by atoms with Gasteiger partial charge in [-0.1, -0.05) is 18.2 Å². The van der Waals surface area contributed by atoms with Gasteiger partial charge in [0, 0.05) is 17.2 Å². The molecule has 6 nitrogen and oxygen atoms in total. The lowest BCUT2D eigenvalue weighted by molar-refractivity contribution is -0.137. The molecule has 3 rings (SSSR count). The molecular formula is C17H17N3O3S. The summed E-state index contributed by atoms with van der Waals surface area (Å²) in [5, 5.41) is 13.7. The third-order valence-electron chi connectivity index (χ3n) is 3.69. The standard InChI is InChI=1S/C17H17N3O3S/c21-16(8-11(9-17(22)23)14-6-3-7-24-14)18-10-15-19-12-4-1-2-5-13(12)20-15/h1-7,11H,8-10H2,(H,18,21)(H,19,20)(H,22,23). The van der Waals surface area contributed by atoms with Gasteiger partial charge >= 0.3 is 5.97 Å². The zero-order valence-corrected chi connectivity index (χ0v) is 13.7. The maximum Gasteiger partial charge on any atom is 0.304 e. The SMILES string of the molecule is O=C(O)CC(CC(=O)NCc1nc2ccccc2[nH]1)c1cccs1. The van der Waals surface area contributed by atoms with E-state index in [4.69, 9.17) is 5.11 Å². The van der Waals surface area contributed by atoms with Crippen LogP contribution in [0.1, 0.15) is 29.5 Å². The number of amides is 1. The molecule has 3 N–H and O–H groups in total. The van der Waals surface area contributed by atoms with Crippen molar-refractivity contribution in [1.29, 1.82) is 0 Å². The van der Waals surface area contributed by atoms with Crippen molar-refractivity contribution in [2.45, 2.75) is 25.3 Å². The Bertz CT molecular complexity index is 809. The van der Waals surface area contributed by atoms with Crippen LogP contribution >= 0.6 is 11.3 Å². The van der Waals surface area contributed by atoms with Gasteiger partial charge in [-0.3, -0.25) is 9.59 Å². The van der Waals surface area contributed by atoms with Crippen molar-refractivity contribution in [3.8, 4) is 0 Å². The Hall–Kier alpha value is -2.67. The molecule has 0 saturated heterocycles. The Morgan fingerprint density at radius 1 is 1.21 bits per heavy atom. The van der Waals surface area contributed by atoms with E-state index in [1.807, 2.05) is 41.8 Å². The molecule has 24 heavy (non-hydrogen) atoms. The number of para-hydroxylation sites is 2. The average molecular weight is 343 g/mol. The Morgan fingerprint density at radius 3 is 2.75 bits per heavy atom. The Kier molecular flexibility index (Phi) is 4.90. The molecule has 124 valence electrons. The van der Waals surface area contributed by atoms with Gasteiger partial charge in [0.2, 0.25) is 5.91 Å². The number of aliphatic carboxylic acids is 1. The van der Waals surface area contributed by atoms with Gasteiger partial charge < -0.3 is 15.4 Å². The summed E-state index contributed by atoms with van der Waals surface area (Å²) in [5.41, 5.74) is 1.77. The number of aromatic nitrogens is 2. The molecule has 1 amide bonds. The van der Waals surface area contributed by atoms with Crippen LogP contribution in [0.15, 0.2) is 41.8 Å². The van der Waals surface area contributed by atoms with Gasteiger partial charge in [0.15, 0.2) is 0 Å². The van der Waals surface area contributed by atoms with Crippen LogP contribution in [0, 0.1) is 0 Å². The van der Waals surface area contributed by atoms with Crippen molar-refractivity contribution in [3.05, 3.63) is 52.5 Å². The van der Waals surface area contributed by atoms with Crippen LogP contribution < -0.4 is 5.32 Å². The minimum Gasteiger partial charge on any atom is -0.481 e. The summed E-state index contributed by atoms with van der Waals surface area (Å²) in [4.78, 5) is 31.7. The molecule has 0 aliphatic heterocycles. The normalized spacial score (nSPS) is 12.2. The summed E-state index contributed by atoms with van der Waals surface area (Å²) in [6.07, 6.45) is 0.0889. The number of hydrogen-bond donors (Lipinski definition) is 3. The molecule has 0 aliphatic carbocycles. The van der Waals surface area contributed by atoms with Crippen molar-refractivity contribution in [2.75, 3.05) is 0 Å². The highest BCUT2D eigenvalue weighted by Gasteiger charge is 2.20. The number of benzene rings is 1. The van der Waals surface area contributed by atoms with Gasteiger partial charge in [0.05, 0.1) is 24.0 Å². The van der Waals surface area contributed by atoms with Crippen molar-refractivity contribution in [3.63, 3.8) is 0 Å². The number of carbonyl (C=O) groups is 2. The molecule has 0 saturated carbocycles. The first kappa shape index (κ1) is 16.2. The van der Waals surface area contributed by atoms with Crippen LogP contribution in [-0.4, -0.2) is 27.0 Å². The molecule has 0 spiro atoms. The monoisotopic (exact) mass is 343 g/mol. The largest absolute Gasteiger partial charge is 0.481 e. The lowest BCUT2D eigenvalue weighted by Gasteiger charge is -2.12. The van der Waals surface area contributed by atoms with Crippen molar-refractivity contribution in [1.82, 2.24) is 15.3 Å². The number of rotatable bonds is 7. The summed E-state index contributed by atoms with van der Waals surface area (Å²) in [7, 11) is 0. The van der Waals surface area contributed by atoms with Gasteiger partial charge in [-0.15, -0.1) is 11.3 Å². The van der Waals surface area contributed by atoms with Gasteiger partial charge in [0.1, 0.15) is 5.82 Å². The van der Waals surface area contributed by atoms with Crippen LogP contribution in [0.5, 0.6) is 0 Å². The van der Waals surface area contributed by atoms with Gasteiger partial charge in [-0.25, -0.2) is 4.98 Å². The summed E-state index contributed by atoms with van der Waals surface area (Å²) in [5.74, 6) is -0.720. The highest BCUT2D eigenvalue weighted by molar-refractivity contribution is 7.10. The first-order chi connectivity index (χ1) is 11.6. The molecule has 2 aromatic heterocycles. The highest BCUT2D eigenvalue weighted by Crippen LogP contribution is 2.27. The summed E-state index contributed by atoms with van der Waals surface area (Å²) >= 11 is 1.47. The van der Waals surface area contributed by atoms with Crippen molar-refractivity contribution in [2.24, 2.45) is 0 Å². The number of carboxylic acids is 1. The minimum atomic E-state index is -0.904. The number of H-pyrrole nitrogens is 1. The lowest BCUT2D eigenvalue weighted by atomic mass is 9.99. The zero-order valence-electron chi connectivity index (χ0n) is 12.9. The van der Waals surface area contributed by atoms with Gasteiger partial charge in [-0.2, -0.15) is 0 Å². The number of fused-ring (bicyclic) bond motifs is 1. The molecule has 1 aromatic carbocycles. The third kappa shape index (κ3) is 3.99. The minimum absolute atomic E-state index is 0.0570. The fraction of sp³-hybridized carbons (Fsp3) is 0.235. The van der Waals surface area contributed by atoms with Crippen LogP contribution in [0.25, 0.3) is 11.0 Å². The average Bonchev–Trinajstić information content (AvgIpc) is 3.21. The van der Waals surface area contributed by atoms with E-state index in [0.717, 1.165) is 15.9 Å². The van der Waals surface area contributed by atoms with Crippen LogP contribution in [0.2, 0.25) is 0 Å². The molecular weight excluding hydrogens is 326 g/mol. The Labute approximate surface area is 142 Å². The van der Waals surface area contributed by atoms with Crippen molar-refractivity contribution < 1.29 is 14.7 Å². The Morgan fingerprint density at radius 2 is 2.04 bits per heavy atom. The maximum atomic E-state index is 12.2. The molecule has 0 aliphatic rings. The van der Waals surface area contributed by atoms with E-state index >= 15 is 0 Å². The summed E-state index contributed by atoms with van der Waals surface area (Å²) in [6, 6.07) is 11.4. The molecule has 0 bridgehead atoms. The molecule has 0 radical (unpaired) electrons. The molecule has 2 heterocycles. The number of hydrogen-bond acceptors (Lipinski definition) is 4. The number of aromatic amines is 1. The molecule has 3 aromatic rings. The van der Waals surface area contributed by atoms with E-state index in [1.165, 1.54) is 11.3 Å². The fourth-order valence-corrected chi connectivity index (χ4v) is 3.41. The second-order valence-electron chi connectivity index (χ2n) is 5.49. The molecule has 1 atom stereocenters. The van der Waals surface area contributed by atoms with E-state index < -0.39 is 5.97 Å². The van der Waals surface area contributed by atoms with E-state index in [9.17, 15) is 9.59 Å². The highest BCUT2D eigenvalue weighted by atomic mass is 32.1. The number of nitrogens with zero attached hydrogens (tertiary/aromatic N) is 1. The second-order valence-corrected chi connectivity index (χ2v) is 6.47. The van der Waals surface area contributed by atoms with Gasteiger partial charge in [-0.05, 0) is 23.6 Å². The number of imidazole rings is 1. The predicted molar refractivity (Wildman–Crippen MR) is 91.9 cm³/mol. The summed E-state index contributed by atoms with van der Waals surface area (Å²) < 4.78 is 0. The molecule has 7 heteroatoms. The first-order valence-corrected chi connectivity index (χ1v) is 8.45. The zero-order chi connectivity index (χ0) is 16.9. The second kappa shape index (κ2) is 7.27. The molecule has 1 unspecified atom stereocenters. The quantitative estimate of drug-likeness (QED) is 0.615. The third-order valence-corrected chi connectivity index (χ3v) is 4.72. The fourth-order valence-electron chi connectivity index (χ4n) is 2.58. The van der Waals surface area contributed by atoms with Crippen LogP contribution in [0.4, 0.5) is 0 Å². The number of nitrogens with one attached hydrogen (secondary N) is 2. The van der Waals surface area contributed by atoms with E-state index in [1.54, 1.807) is 0 Å². The van der Waals surface area contributed by atoms with Crippen LogP contribution in [0.3, 0.4) is 0 Å². The van der Waals surface area contributed by atoms with E-state index in [-0.39, 0.29) is 31.2 Å². The Balaban J connectivity index is 1.60. The smallest absolute Gasteiger partial charge is 0.304 e. The van der Waals surface area contributed by atoms with Crippen LogP contribution in [-0.2, 0) is 16.1 Å². The predicted octanol–water partition coefficient (Wildman–Crippen LogP) is 2.89. The van der Waals surface area contributed by atoms with E-state index in [0.29, 0.717) is 5.82 Å². The van der Waals surface area contributed by atoms with Gasteiger partial charge in [0.25, 0.3) is 0 Å². The topological polar surface area (TPSA) is 95.1 Å². The first-order valence-electron chi connectivity index (χ1n) is 7.57. The number of thiophene rings is 1. The lowest BCUT2D eigenvalue weighted by Crippen LogP contribution is -2.25. The summed E-state index contributed by atoms with van der Waals surface area (Å²) in [6.45, 7) is 0.289.